The maximum atomic E-state index is 10.3. The first-order chi connectivity index (χ1) is 16.0. The molecule has 0 radical (unpaired) electrons. The SMILES string of the molecule is OCC1OC(OCC2OC(OC3C(CO)OC(O)C(O)C3O)C(O)C(O)C2O)C(O)C(O)C1O. The quantitative estimate of drug-likeness (QED) is 0.154. The second-order valence-electron chi connectivity index (χ2n) is 8.37. The molecular weight excluding hydrogens is 472 g/mol. The summed E-state index contributed by atoms with van der Waals surface area (Å²) in [6, 6.07) is 0. The van der Waals surface area contributed by atoms with Crippen molar-refractivity contribution in [1.82, 2.24) is 0 Å². The van der Waals surface area contributed by atoms with E-state index in [0.29, 0.717) is 0 Å². The molecule has 0 aliphatic carbocycles. The molecule has 3 heterocycles. The lowest BCUT2D eigenvalue weighted by atomic mass is 9.97. The molecule has 11 N–H and O–H groups in total. The molecular formula is C18H32O16. The largest absolute Gasteiger partial charge is 0.394 e. The molecule has 3 aliphatic rings. The summed E-state index contributed by atoms with van der Waals surface area (Å²) in [5.41, 5.74) is 0. The third-order valence-electron chi connectivity index (χ3n) is 6.07. The number of hydrogen-bond donors (Lipinski definition) is 11. The van der Waals surface area contributed by atoms with Crippen molar-refractivity contribution in [2.24, 2.45) is 0 Å². The van der Waals surface area contributed by atoms with Crippen molar-refractivity contribution in [3.63, 3.8) is 0 Å². The second kappa shape index (κ2) is 11.6. The van der Waals surface area contributed by atoms with Crippen LogP contribution in [0.1, 0.15) is 0 Å². The van der Waals surface area contributed by atoms with Crippen molar-refractivity contribution in [3.05, 3.63) is 0 Å². The van der Waals surface area contributed by atoms with Crippen molar-refractivity contribution >= 4 is 0 Å². The summed E-state index contributed by atoms with van der Waals surface area (Å²) in [6.07, 6.45) is -24.9. The van der Waals surface area contributed by atoms with Crippen LogP contribution in [-0.4, -0.2) is 168 Å². The smallest absolute Gasteiger partial charge is 0.187 e. The van der Waals surface area contributed by atoms with Crippen molar-refractivity contribution < 1.29 is 79.9 Å². The average molecular weight is 504 g/mol. The molecule has 0 aromatic heterocycles. The maximum absolute atomic E-state index is 10.3. The number of aliphatic hydroxyl groups excluding tert-OH is 11. The van der Waals surface area contributed by atoms with Crippen LogP contribution in [0, 0.1) is 0 Å². The van der Waals surface area contributed by atoms with Crippen molar-refractivity contribution in [1.29, 1.82) is 0 Å². The Balaban J connectivity index is 1.66. The Morgan fingerprint density at radius 1 is 0.500 bits per heavy atom. The predicted octanol–water partition coefficient (Wildman–Crippen LogP) is -7.57. The van der Waals surface area contributed by atoms with Gasteiger partial charge < -0.3 is 79.9 Å². The Labute approximate surface area is 192 Å². The summed E-state index contributed by atoms with van der Waals surface area (Å²) >= 11 is 0. The highest BCUT2D eigenvalue weighted by molar-refractivity contribution is 4.94. The van der Waals surface area contributed by atoms with Crippen LogP contribution in [0.4, 0.5) is 0 Å². The van der Waals surface area contributed by atoms with E-state index in [-0.39, 0.29) is 0 Å². The summed E-state index contributed by atoms with van der Waals surface area (Å²) in [7, 11) is 0. The predicted molar refractivity (Wildman–Crippen MR) is 101 cm³/mol. The van der Waals surface area contributed by atoms with Gasteiger partial charge >= 0.3 is 0 Å². The number of rotatable bonds is 7. The second-order valence-corrected chi connectivity index (χ2v) is 8.37. The van der Waals surface area contributed by atoms with Gasteiger partial charge in [0.25, 0.3) is 0 Å². The van der Waals surface area contributed by atoms with Gasteiger partial charge in [-0.3, -0.25) is 0 Å². The molecule has 34 heavy (non-hydrogen) atoms. The van der Waals surface area contributed by atoms with Crippen molar-refractivity contribution in [2.75, 3.05) is 19.8 Å². The summed E-state index contributed by atoms with van der Waals surface area (Å²) in [4.78, 5) is 0. The summed E-state index contributed by atoms with van der Waals surface area (Å²) in [5.74, 6) is 0. The van der Waals surface area contributed by atoms with Crippen LogP contribution in [0.25, 0.3) is 0 Å². The van der Waals surface area contributed by atoms with E-state index in [0.717, 1.165) is 0 Å². The first-order valence-corrected chi connectivity index (χ1v) is 10.6. The molecule has 200 valence electrons. The van der Waals surface area contributed by atoms with E-state index in [1.807, 2.05) is 0 Å². The molecule has 3 rings (SSSR count). The van der Waals surface area contributed by atoms with Gasteiger partial charge in [-0.05, 0) is 0 Å². The lowest BCUT2D eigenvalue weighted by Crippen LogP contribution is -2.65. The molecule has 16 nitrogen and oxygen atoms in total. The molecule has 3 saturated heterocycles. The Morgan fingerprint density at radius 2 is 1.03 bits per heavy atom. The highest BCUT2D eigenvalue weighted by atomic mass is 16.7. The Kier molecular flexibility index (Phi) is 9.54. The van der Waals surface area contributed by atoms with Gasteiger partial charge in [-0.25, -0.2) is 0 Å². The molecule has 15 unspecified atom stereocenters. The third-order valence-corrected chi connectivity index (χ3v) is 6.07. The fraction of sp³-hybridized carbons (Fsp3) is 1.00. The van der Waals surface area contributed by atoms with Gasteiger partial charge in [0.15, 0.2) is 18.9 Å². The van der Waals surface area contributed by atoms with Gasteiger partial charge in [0.1, 0.15) is 73.2 Å². The summed E-state index contributed by atoms with van der Waals surface area (Å²) in [6.45, 7) is -2.07. The molecule has 0 amide bonds. The first kappa shape index (κ1) is 27.9. The van der Waals surface area contributed by atoms with Crippen LogP contribution >= 0.6 is 0 Å². The highest BCUT2D eigenvalue weighted by Crippen LogP contribution is 2.29. The topological polar surface area (TPSA) is 269 Å². The zero-order valence-electron chi connectivity index (χ0n) is 17.7. The van der Waals surface area contributed by atoms with E-state index in [2.05, 4.69) is 0 Å². The fourth-order valence-electron chi connectivity index (χ4n) is 3.95. The van der Waals surface area contributed by atoms with E-state index >= 15 is 0 Å². The van der Waals surface area contributed by atoms with Crippen LogP contribution in [0.2, 0.25) is 0 Å². The van der Waals surface area contributed by atoms with Crippen molar-refractivity contribution in [2.45, 2.75) is 92.1 Å². The normalized spacial score (nSPS) is 52.5. The Morgan fingerprint density at radius 3 is 1.62 bits per heavy atom. The average Bonchev–Trinajstić information content (AvgIpc) is 2.82. The number of aliphatic hydroxyl groups is 11. The van der Waals surface area contributed by atoms with E-state index in [1.54, 1.807) is 0 Å². The molecule has 0 spiro atoms. The van der Waals surface area contributed by atoms with Crippen LogP contribution < -0.4 is 0 Å². The highest BCUT2D eigenvalue weighted by Gasteiger charge is 2.51. The monoisotopic (exact) mass is 504 g/mol. The lowest BCUT2D eigenvalue weighted by molar-refractivity contribution is -0.362. The van der Waals surface area contributed by atoms with Crippen LogP contribution in [0.15, 0.2) is 0 Å². The Hall–Kier alpha value is -0.640. The summed E-state index contributed by atoms with van der Waals surface area (Å²) < 4.78 is 26.3. The Bertz CT molecular complexity index is 637. The van der Waals surface area contributed by atoms with E-state index in [1.165, 1.54) is 0 Å². The van der Waals surface area contributed by atoms with Gasteiger partial charge in [-0.2, -0.15) is 0 Å². The van der Waals surface area contributed by atoms with Gasteiger partial charge in [-0.1, -0.05) is 0 Å². The van der Waals surface area contributed by atoms with E-state index < -0.39 is 112 Å². The van der Waals surface area contributed by atoms with Crippen LogP contribution in [0.5, 0.6) is 0 Å². The summed E-state index contributed by atoms with van der Waals surface area (Å²) in [5, 5.41) is 109. The zero-order valence-corrected chi connectivity index (χ0v) is 17.7. The number of hydrogen-bond acceptors (Lipinski definition) is 16. The molecule has 15 atom stereocenters. The molecule has 0 saturated carbocycles. The lowest BCUT2D eigenvalue weighted by Gasteiger charge is -2.45. The zero-order chi connectivity index (χ0) is 25.3. The molecule has 16 heteroatoms. The van der Waals surface area contributed by atoms with Gasteiger partial charge in [0, 0.05) is 0 Å². The first-order valence-electron chi connectivity index (χ1n) is 10.6. The van der Waals surface area contributed by atoms with E-state index in [9.17, 15) is 56.2 Å². The standard InChI is InChI=1S/C18H32O16/c19-1-4-7(21)9(23)13(27)17(32-4)30-3-6-8(22)10(24)14(28)18(33-6)34-15-5(2-20)31-16(29)12(26)11(15)25/h4-29H,1-3H2. The molecule has 3 aliphatic heterocycles. The molecule has 0 bridgehead atoms. The molecule has 0 aromatic rings. The fourth-order valence-corrected chi connectivity index (χ4v) is 3.95. The number of ether oxygens (including phenoxy) is 5. The van der Waals surface area contributed by atoms with E-state index in [4.69, 9.17) is 23.7 Å². The van der Waals surface area contributed by atoms with Gasteiger partial charge in [0.2, 0.25) is 0 Å². The van der Waals surface area contributed by atoms with Crippen molar-refractivity contribution in [3.8, 4) is 0 Å². The van der Waals surface area contributed by atoms with Crippen LogP contribution in [-0.2, 0) is 23.7 Å². The minimum atomic E-state index is -1.87. The van der Waals surface area contributed by atoms with Crippen LogP contribution in [0.3, 0.4) is 0 Å². The maximum Gasteiger partial charge on any atom is 0.187 e. The molecule has 3 fully saturated rings. The minimum absolute atomic E-state index is 0.609. The minimum Gasteiger partial charge on any atom is -0.394 e. The molecule has 0 aromatic carbocycles. The van der Waals surface area contributed by atoms with Gasteiger partial charge in [0.05, 0.1) is 19.8 Å². The third kappa shape index (κ3) is 5.52. The van der Waals surface area contributed by atoms with Gasteiger partial charge in [-0.15, -0.1) is 0 Å².